The molecule has 0 aromatic heterocycles. The maximum absolute atomic E-state index is 13.5. The number of hydrogen-bond acceptors (Lipinski definition) is 4. The van der Waals surface area contributed by atoms with E-state index in [2.05, 4.69) is 9.62 Å². The van der Waals surface area contributed by atoms with E-state index in [4.69, 9.17) is 16.3 Å². The second-order valence-corrected chi connectivity index (χ2v) is 8.60. The van der Waals surface area contributed by atoms with Crippen LogP contribution in [0.5, 0.6) is 0 Å². The third-order valence-electron chi connectivity index (χ3n) is 4.51. The number of nitrogens with zero attached hydrogens (tertiary/aromatic N) is 1. The van der Waals surface area contributed by atoms with Gasteiger partial charge in [-0.05, 0) is 17.7 Å². The van der Waals surface area contributed by atoms with Crippen LogP contribution in [0, 0.1) is 17.7 Å². The highest BCUT2D eigenvalue weighted by Gasteiger charge is 2.43. The second kappa shape index (κ2) is 6.64. The fourth-order valence-corrected chi connectivity index (χ4v) is 4.01. The van der Waals surface area contributed by atoms with Gasteiger partial charge in [-0.25, -0.2) is 17.5 Å². The Hall–Kier alpha value is -0.730. The fraction of sp³-hybridized carbons (Fsp3) is 0.600. The molecule has 3 atom stereocenters. The van der Waals surface area contributed by atoms with Crippen molar-refractivity contribution in [1.29, 1.82) is 0 Å². The molecule has 5 nitrogen and oxygen atoms in total. The average Bonchev–Trinajstić information content (AvgIpc) is 3.00. The molecule has 0 bridgehead atoms. The van der Waals surface area contributed by atoms with Gasteiger partial charge in [0.25, 0.3) is 0 Å². The summed E-state index contributed by atoms with van der Waals surface area (Å²) >= 11 is 5.70. The smallest absolute Gasteiger partial charge is 0.208 e. The zero-order valence-electron chi connectivity index (χ0n) is 12.8. The SMILES string of the molecule is CS(=O)(=O)NC[C@@H]1CO[C@@H]2CN(Cc3ccc(Cl)c(F)c3)C[C@H]12. The Bertz CT molecular complexity index is 685. The standard InChI is InChI=1S/C15H20ClFN2O3S/c1-23(20,21)18-5-11-9-22-15-8-19(7-12(11)15)6-10-2-3-13(16)14(17)4-10/h2-4,11-12,15,18H,5-9H2,1H3/t11-,12-,15-/m1/s1. The molecule has 1 aromatic carbocycles. The molecule has 128 valence electrons. The molecule has 2 aliphatic heterocycles. The molecule has 3 rings (SSSR count). The average molecular weight is 363 g/mol. The van der Waals surface area contributed by atoms with E-state index in [-0.39, 0.29) is 17.0 Å². The van der Waals surface area contributed by atoms with Crippen LogP contribution in [0.15, 0.2) is 18.2 Å². The molecule has 0 spiro atoms. The number of fused-ring (bicyclic) bond motifs is 1. The lowest BCUT2D eigenvalue weighted by atomic mass is 9.93. The van der Waals surface area contributed by atoms with Gasteiger partial charge in [-0.2, -0.15) is 0 Å². The second-order valence-electron chi connectivity index (χ2n) is 6.36. The Morgan fingerprint density at radius 2 is 2.22 bits per heavy atom. The van der Waals surface area contributed by atoms with Crippen molar-refractivity contribution in [2.75, 3.05) is 32.5 Å². The molecule has 0 amide bonds. The van der Waals surface area contributed by atoms with Gasteiger partial charge in [0.05, 0.1) is 24.0 Å². The van der Waals surface area contributed by atoms with E-state index in [1.54, 1.807) is 6.07 Å². The van der Waals surface area contributed by atoms with Gasteiger partial charge in [0.15, 0.2) is 0 Å². The third kappa shape index (κ3) is 4.22. The summed E-state index contributed by atoms with van der Waals surface area (Å²) < 4.78 is 44.3. The number of likely N-dealkylation sites (tertiary alicyclic amines) is 1. The zero-order chi connectivity index (χ0) is 16.6. The van der Waals surface area contributed by atoms with Crippen LogP contribution in [0.1, 0.15) is 5.56 Å². The Morgan fingerprint density at radius 1 is 1.43 bits per heavy atom. The number of sulfonamides is 1. The van der Waals surface area contributed by atoms with Gasteiger partial charge < -0.3 is 4.74 Å². The molecule has 8 heteroatoms. The van der Waals surface area contributed by atoms with Gasteiger partial charge in [0, 0.05) is 38.0 Å². The first-order chi connectivity index (χ1) is 10.8. The number of rotatable bonds is 5. The normalized spacial score (nSPS) is 28.2. The van der Waals surface area contributed by atoms with Crippen molar-refractivity contribution < 1.29 is 17.5 Å². The van der Waals surface area contributed by atoms with Crippen molar-refractivity contribution in [3.63, 3.8) is 0 Å². The van der Waals surface area contributed by atoms with Crippen LogP contribution in [-0.2, 0) is 21.3 Å². The van der Waals surface area contributed by atoms with E-state index in [9.17, 15) is 12.8 Å². The number of benzene rings is 1. The number of ether oxygens (including phenoxy) is 1. The Kier molecular flexibility index (Phi) is 4.94. The monoisotopic (exact) mass is 362 g/mol. The molecule has 1 N–H and O–H groups in total. The molecule has 23 heavy (non-hydrogen) atoms. The van der Waals surface area contributed by atoms with Crippen LogP contribution in [0.25, 0.3) is 0 Å². The summed E-state index contributed by atoms with van der Waals surface area (Å²) in [4.78, 5) is 2.21. The molecule has 2 fully saturated rings. The van der Waals surface area contributed by atoms with Gasteiger partial charge in [-0.1, -0.05) is 17.7 Å². The quantitative estimate of drug-likeness (QED) is 0.862. The Labute approximate surface area is 140 Å². The molecular formula is C15H20ClFN2O3S. The molecule has 0 unspecified atom stereocenters. The molecule has 2 heterocycles. The summed E-state index contributed by atoms with van der Waals surface area (Å²) in [5.41, 5.74) is 0.873. The van der Waals surface area contributed by atoms with E-state index >= 15 is 0 Å². The first kappa shape index (κ1) is 17.1. The van der Waals surface area contributed by atoms with Gasteiger partial charge >= 0.3 is 0 Å². The molecule has 0 aliphatic carbocycles. The van der Waals surface area contributed by atoms with Gasteiger partial charge in [-0.15, -0.1) is 0 Å². The minimum absolute atomic E-state index is 0.124. The van der Waals surface area contributed by atoms with Crippen LogP contribution < -0.4 is 4.72 Å². The first-order valence-corrected chi connectivity index (χ1v) is 9.81. The van der Waals surface area contributed by atoms with Crippen LogP contribution in [0.4, 0.5) is 4.39 Å². The van der Waals surface area contributed by atoms with Crippen molar-refractivity contribution in [1.82, 2.24) is 9.62 Å². The summed E-state index contributed by atoms with van der Waals surface area (Å²) in [6, 6.07) is 4.85. The maximum atomic E-state index is 13.5. The van der Waals surface area contributed by atoms with Crippen molar-refractivity contribution in [2.45, 2.75) is 12.6 Å². The van der Waals surface area contributed by atoms with Crippen LogP contribution >= 0.6 is 11.6 Å². The van der Waals surface area contributed by atoms with Crippen LogP contribution in [0.2, 0.25) is 5.02 Å². The lowest BCUT2D eigenvalue weighted by Crippen LogP contribution is -2.33. The van der Waals surface area contributed by atoms with Crippen molar-refractivity contribution in [2.24, 2.45) is 11.8 Å². The van der Waals surface area contributed by atoms with Gasteiger partial charge in [0.1, 0.15) is 5.82 Å². The van der Waals surface area contributed by atoms with E-state index in [1.165, 1.54) is 6.07 Å². The van der Waals surface area contributed by atoms with E-state index in [0.717, 1.165) is 24.9 Å². The predicted octanol–water partition coefficient (Wildman–Crippen LogP) is 1.48. The van der Waals surface area contributed by atoms with Crippen LogP contribution in [-0.4, -0.2) is 51.9 Å². The highest BCUT2D eigenvalue weighted by atomic mass is 35.5. The van der Waals surface area contributed by atoms with E-state index in [0.29, 0.717) is 25.6 Å². The summed E-state index contributed by atoms with van der Waals surface area (Å²) in [7, 11) is -3.18. The van der Waals surface area contributed by atoms with Gasteiger partial charge in [-0.3, -0.25) is 4.90 Å². The van der Waals surface area contributed by atoms with Crippen molar-refractivity contribution in [3.8, 4) is 0 Å². The summed E-state index contributed by atoms with van der Waals surface area (Å²) in [5.74, 6) is 0.0816. The molecular weight excluding hydrogens is 343 g/mol. The fourth-order valence-electron chi connectivity index (χ4n) is 3.37. The lowest BCUT2D eigenvalue weighted by Gasteiger charge is -2.19. The molecule has 2 aliphatic rings. The maximum Gasteiger partial charge on any atom is 0.208 e. The minimum atomic E-state index is -3.18. The zero-order valence-corrected chi connectivity index (χ0v) is 14.4. The molecule has 0 saturated carbocycles. The highest BCUT2D eigenvalue weighted by molar-refractivity contribution is 7.88. The summed E-state index contributed by atoms with van der Waals surface area (Å²) in [6.45, 7) is 3.23. The summed E-state index contributed by atoms with van der Waals surface area (Å²) in [6.07, 6.45) is 1.29. The third-order valence-corrected chi connectivity index (χ3v) is 5.51. The van der Waals surface area contributed by atoms with Crippen molar-refractivity contribution in [3.05, 3.63) is 34.6 Å². The molecule has 2 saturated heterocycles. The van der Waals surface area contributed by atoms with Crippen LogP contribution in [0.3, 0.4) is 0 Å². The summed E-state index contributed by atoms with van der Waals surface area (Å²) in [5, 5.41) is 0.127. The van der Waals surface area contributed by atoms with Gasteiger partial charge in [0.2, 0.25) is 10.0 Å². The Morgan fingerprint density at radius 3 is 2.91 bits per heavy atom. The first-order valence-electron chi connectivity index (χ1n) is 7.54. The Balaban J connectivity index is 1.58. The number of nitrogens with one attached hydrogen (secondary N) is 1. The molecule has 1 aromatic rings. The predicted molar refractivity (Wildman–Crippen MR) is 86.3 cm³/mol. The van der Waals surface area contributed by atoms with E-state index in [1.807, 2.05) is 6.07 Å². The minimum Gasteiger partial charge on any atom is -0.376 e. The molecule has 0 radical (unpaired) electrons. The number of hydrogen-bond donors (Lipinski definition) is 1. The largest absolute Gasteiger partial charge is 0.376 e. The van der Waals surface area contributed by atoms with E-state index < -0.39 is 15.8 Å². The lowest BCUT2D eigenvalue weighted by molar-refractivity contribution is 0.0942. The van der Waals surface area contributed by atoms with Crippen molar-refractivity contribution >= 4 is 21.6 Å². The number of halogens is 2. The topological polar surface area (TPSA) is 58.6 Å². The highest BCUT2D eigenvalue weighted by Crippen LogP contribution is 2.34.